The highest BCUT2D eigenvalue weighted by atomic mass is 19.1. The van der Waals surface area contributed by atoms with E-state index in [0.717, 1.165) is 24.0 Å². The third-order valence-corrected chi connectivity index (χ3v) is 5.74. The summed E-state index contributed by atoms with van der Waals surface area (Å²) in [6.07, 6.45) is 5.56. The molecule has 1 aliphatic rings. The molecule has 1 aromatic heterocycles. The van der Waals surface area contributed by atoms with Gasteiger partial charge in [0, 0.05) is 36.1 Å². The number of halogens is 1. The van der Waals surface area contributed by atoms with Crippen molar-refractivity contribution in [3.63, 3.8) is 0 Å². The lowest BCUT2D eigenvalue weighted by molar-refractivity contribution is 0.419. The van der Waals surface area contributed by atoms with Crippen molar-refractivity contribution in [1.29, 1.82) is 0 Å². The van der Waals surface area contributed by atoms with Gasteiger partial charge in [0.15, 0.2) is 0 Å². The van der Waals surface area contributed by atoms with E-state index >= 15 is 4.39 Å². The van der Waals surface area contributed by atoms with Crippen LogP contribution in [0.25, 0.3) is 11.6 Å². The van der Waals surface area contributed by atoms with Crippen molar-refractivity contribution in [2.24, 2.45) is 4.99 Å². The van der Waals surface area contributed by atoms with Gasteiger partial charge in [0.2, 0.25) is 0 Å². The van der Waals surface area contributed by atoms with E-state index in [1.807, 2.05) is 52.8 Å². The second kappa shape index (κ2) is 11.8. The second-order valence-corrected chi connectivity index (χ2v) is 8.30. The Bertz CT molecular complexity index is 1200. The Hall–Kier alpha value is -3.21. The summed E-state index contributed by atoms with van der Waals surface area (Å²) in [6.45, 7) is 19.2. The normalized spacial score (nSPS) is 13.5. The molecule has 1 heterocycles. The Morgan fingerprint density at radius 1 is 1.26 bits per heavy atom. The molecule has 0 atom stereocenters. The second-order valence-electron chi connectivity index (χ2n) is 8.30. The molecule has 2 aromatic rings. The quantitative estimate of drug-likeness (QED) is 0.232. The van der Waals surface area contributed by atoms with Crippen molar-refractivity contribution >= 4 is 17.9 Å². The molecule has 0 aliphatic heterocycles. The highest BCUT2D eigenvalue weighted by molar-refractivity contribution is 5.87. The number of pyridine rings is 1. The minimum Gasteiger partial charge on any atom is -0.461 e. The first-order chi connectivity index (χ1) is 16.2. The number of allylic oxidation sites excluding steroid dienone is 3. The lowest BCUT2D eigenvalue weighted by atomic mass is 9.98. The predicted octanol–water partition coefficient (Wildman–Crippen LogP) is 7.37. The zero-order valence-electron chi connectivity index (χ0n) is 21.6. The molecule has 0 N–H and O–H groups in total. The molecule has 4 nitrogen and oxygen atoms in total. The van der Waals surface area contributed by atoms with E-state index in [9.17, 15) is 4.79 Å². The largest absolute Gasteiger partial charge is 0.461 e. The van der Waals surface area contributed by atoms with Crippen molar-refractivity contribution in [3.05, 3.63) is 86.8 Å². The number of aliphatic imine (C=N–C) groups is 1. The molecule has 0 unspecified atom stereocenters. The Balaban J connectivity index is 0.00000199. The molecule has 1 saturated carbocycles. The van der Waals surface area contributed by atoms with Gasteiger partial charge in [0.1, 0.15) is 11.6 Å². The Morgan fingerprint density at radius 2 is 1.91 bits per heavy atom. The maximum absolute atomic E-state index is 15.5. The zero-order valence-corrected chi connectivity index (χ0v) is 21.6. The lowest BCUT2D eigenvalue weighted by Gasteiger charge is -2.20. The van der Waals surface area contributed by atoms with Gasteiger partial charge in [-0.2, -0.15) is 0 Å². The number of aromatic nitrogens is 1. The molecule has 34 heavy (non-hydrogen) atoms. The highest BCUT2D eigenvalue weighted by Crippen LogP contribution is 2.39. The molecule has 5 heteroatoms. The number of rotatable bonds is 8. The molecule has 0 bridgehead atoms. The minimum atomic E-state index is -0.481. The summed E-state index contributed by atoms with van der Waals surface area (Å²) in [5.74, 6) is 0.342. The van der Waals surface area contributed by atoms with Crippen LogP contribution in [0.3, 0.4) is 0 Å². The van der Waals surface area contributed by atoms with Crippen LogP contribution in [0.5, 0.6) is 5.75 Å². The summed E-state index contributed by atoms with van der Waals surface area (Å²) >= 11 is 0. The van der Waals surface area contributed by atoms with Gasteiger partial charge in [-0.15, -0.1) is 0 Å². The van der Waals surface area contributed by atoms with E-state index in [2.05, 4.69) is 18.2 Å². The van der Waals surface area contributed by atoms with Crippen LogP contribution in [-0.4, -0.2) is 17.8 Å². The van der Waals surface area contributed by atoms with Gasteiger partial charge in [-0.3, -0.25) is 9.79 Å². The van der Waals surface area contributed by atoms with Gasteiger partial charge in [0.05, 0.1) is 11.3 Å². The zero-order chi connectivity index (χ0) is 25.6. The molecule has 0 saturated heterocycles. The van der Waals surface area contributed by atoms with Gasteiger partial charge >= 0.3 is 0 Å². The number of hydrogen-bond donors (Lipinski definition) is 0. The van der Waals surface area contributed by atoms with Crippen LogP contribution in [0.1, 0.15) is 80.1 Å². The topological polar surface area (TPSA) is 43.6 Å². The molecule has 1 aliphatic carbocycles. The number of aryl methyl sites for hydroxylation is 1. The first kappa shape index (κ1) is 27.0. The van der Waals surface area contributed by atoms with Crippen LogP contribution in [0.4, 0.5) is 4.39 Å². The van der Waals surface area contributed by atoms with Gasteiger partial charge in [0.25, 0.3) is 5.56 Å². The first-order valence-electron chi connectivity index (χ1n) is 11.9. The van der Waals surface area contributed by atoms with Gasteiger partial charge in [-0.25, -0.2) is 4.39 Å². The van der Waals surface area contributed by atoms with Gasteiger partial charge in [-0.05, 0) is 68.9 Å². The fraction of sp³-hybridized carbons (Fsp3) is 0.379. The predicted molar refractivity (Wildman–Crippen MR) is 143 cm³/mol. The number of nitrogens with zero attached hydrogens (tertiary/aromatic N) is 2. The maximum Gasteiger partial charge on any atom is 0.257 e. The average Bonchev–Trinajstić information content (AvgIpc) is 3.64. The highest BCUT2D eigenvalue weighted by Gasteiger charge is 2.30. The van der Waals surface area contributed by atoms with Crippen molar-refractivity contribution in [2.45, 2.75) is 66.8 Å². The molecule has 1 aromatic carbocycles. The SMILES string of the molecule is C=C(C)Oc1c(/C=C(/F)C(=C)c2ccc(C)c(C=NC)c2)c(C)n(C2CC2)c(=O)c1CC.CC. The standard InChI is InChI=1S/C27H31FN2O2.C2H6/c1-8-23-26(32-16(2)3)24(19(6)30(27(23)31)22-11-12-22)14-25(28)18(5)20-10-9-17(4)21(13-20)15-29-7;1-2/h9-10,13-15,22H,2,5,8,11-12H2,1,3-4,6-7H3;1-2H3/b25-14+,29-15?;. The van der Waals surface area contributed by atoms with Crippen LogP contribution in [0.15, 0.2) is 52.7 Å². The molecule has 3 rings (SSSR count). The summed E-state index contributed by atoms with van der Waals surface area (Å²) < 4.78 is 23.2. The number of benzene rings is 1. The van der Waals surface area contributed by atoms with Crippen molar-refractivity contribution in [2.75, 3.05) is 7.05 Å². The van der Waals surface area contributed by atoms with E-state index < -0.39 is 5.83 Å². The van der Waals surface area contributed by atoms with Gasteiger partial charge in [-0.1, -0.05) is 46.1 Å². The fourth-order valence-electron chi connectivity index (χ4n) is 3.85. The van der Waals surface area contributed by atoms with Crippen LogP contribution < -0.4 is 10.3 Å². The molecular formula is C29H37FN2O2. The van der Waals surface area contributed by atoms with E-state index in [0.29, 0.717) is 40.3 Å². The Kier molecular flexibility index (Phi) is 9.36. The number of ether oxygens (including phenoxy) is 1. The van der Waals surface area contributed by atoms with Crippen molar-refractivity contribution in [3.8, 4) is 5.75 Å². The Morgan fingerprint density at radius 3 is 2.44 bits per heavy atom. The minimum absolute atomic E-state index is 0.0674. The summed E-state index contributed by atoms with van der Waals surface area (Å²) in [7, 11) is 1.70. The molecule has 0 spiro atoms. The Labute approximate surface area is 203 Å². The molecule has 1 fully saturated rings. The van der Waals surface area contributed by atoms with E-state index in [-0.39, 0.29) is 17.2 Å². The molecule has 0 amide bonds. The molecule has 182 valence electrons. The fourth-order valence-corrected chi connectivity index (χ4v) is 3.85. The van der Waals surface area contributed by atoms with Crippen molar-refractivity contribution in [1.82, 2.24) is 4.57 Å². The van der Waals surface area contributed by atoms with Crippen LogP contribution >= 0.6 is 0 Å². The third kappa shape index (κ3) is 5.82. The molecular weight excluding hydrogens is 427 g/mol. The summed E-state index contributed by atoms with van der Waals surface area (Å²) in [5.41, 5.74) is 4.61. The van der Waals surface area contributed by atoms with E-state index in [4.69, 9.17) is 4.74 Å². The van der Waals surface area contributed by atoms with Gasteiger partial charge < -0.3 is 9.30 Å². The summed E-state index contributed by atoms with van der Waals surface area (Å²) in [5, 5.41) is 0. The van der Waals surface area contributed by atoms with Crippen molar-refractivity contribution < 1.29 is 9.13 Å². The third-order valence-electron chi connectivity index (χ3n) is 5.74. The van der Waals surface area contributed by atoms with Crippen LogP contribution in [0.2, 0.25) is 0 Å². The number of hydrogen-bond acceptors (Lipinski definition) is 3. The average molecular weight is 465 g/mol. The lowest BCUT2D eigenvalue weighted by Crippen LogP contribution is -2.27. The monoisotopic (exact) mass is 464 g/mol. The first-order valence-corrected chi connectivity index (χ1v) is 11.9. The van der Waals surface area contributed by atoms with E-state index in [1.165, 1.54) is 6.08 Å². The van der Waals surface area contributed by atoms with Crippen LogP contribution in [-0.2, 0) is 6.42 Å². The van der Waals surface area contributed by atoms with E-state index in [1.54, 1.807) is 24.8 Å². The molecule has 0 radical (unpaired) electrons. The summed E-state index contributed by atoms with van der Waals surface area (Å²) in [4.78, 5) is 17.2. The van der Waals surface area contributed by atoms with Crippen LogP contribution in [0, 0.1) is 13.8 Å². The maximum atomic E-state index is 15.5. The summed E-state index contributed by atoms with van der Waals surface area (Å²) in [6, 6.07) is 5.81. The smallest absolute Gasteiger partial charge is 0.257 e.